The number of nitrogens with zero attached hydrogens (tertiary/aromatic N) is 1. The summed E-state index contributed by atoms with van der Waals surface area (Å²) < 4.78 is 0. The number of carbonyl (C=O) groups is 1. The monoisotopic (exact) mass is 270 g/mol. The number of benzene rings is 1. The van der Waals surface area contributed by atoms with E-state index >= 15 is 0 Å². The molecular formula is C16H18N2O2. The summed E-state index contributed by atoms with van der Waals surface area (Å²) in [5.41, 5.74) is 0.762. The number of aromatic nitrogens is 1. The number of aliphatic hydroxyl groups is 1. The maximum atomic E-state index is 12.3. The largest absolute Gasteiger partial charge is 0.394 e. The normalized spacial score (nSPS) is 17.2. The molecule has 0 spiro atoms. The van der Waals surface area contributed by atoms with E-state index in [-0.39, 0.29) is 12.5 Å². The summed E-state index contributed by atoms with van der Waals surface area (Å²) in [6.07, 6.45) is 3.77. The number of para-hydroxylation sites is 1. The Hall–Kier alpha value is -1.94. The second-order valence-corrected chi connectivity index (χ2v) is 5.49. The van der Waals surface area contributed by atoms with Gasteiger partial charge >= 0.3 is 0 Å². The van der Waals surface area contributed by atoms with E-state index in [9.17, 15) is 9.90 Å². The number of hydrogen-bond acceptors (Lipinski definition) is 3. The van der Waals surface area contributed by atoms with Crippen LogP contribution in [0.2, 0.25) is 0 Å². The van der Waals surface area contributed by atoms with Crippen LogP contribution in [0, 0.1) is 0 Å². The summed E-state index contributed by atoms with van der Waals surface area (Å²) in [5, 5.41) is 13.5. The molecule has 0 bridgehead atoms. The van der Waals surface area contributed by atoms with Crippen LogP contribution in [0.4, 0.5) is 0 Å². The van der Waals surface area contributed by atoms with Crippen molar-refractivity contribution in [2.75, 3.05) is 6.61 Å². The first-order valence-corrected chi connectivity index (χ1v) is 7.02. The van der Waals surface area contributed by atoms with E-state index in [1.54, 1.807) is 6.07 Å². The molecule has 0 atom stereocenters. The third-order valence-corrected chi connectivity index (χ3v) is 4.07. The highest BCUT2D eigenvalue weighted by atomic mass is 16.3. The Morgan fingerprint density at radius 1 is 1.20 bits per heavy atom. The van der Waals surface area contributed by atoms with Crippen LogP contribution < -0.4 is 5.32 Å². The minimum Gasteiger partial charge on any atom is -0.394 e. The molecular weight excluding hydrogens is 252 g/mol. The minimum atomic E-state index is -0.454. The second kappa shape index (κ2) is 5.21. The number of carbonyl (C=O) groups excluding carboxylic acids is 1. The van der Waals surface area contributed by atoms with Crippen LogP contribution in [0.5, 0.6) is 0 Å². The van der Waals surface area contributed by atoms with Crippen molar-refractivity contribution in [2.24, 2.45) is 0 Å². The topological polar surface area (TPSA) is 62.2 Å². The number of amides is 1. The Labute approximate surface area is 117 Å². The number of hydrogen-bond donors (Lipinski definition) is 2. The Kier molecular flexibility index (Phi) is 3.40. The van der Waals surface area contributed by atoms with Crippen molar-refractivity contribution in [3.63, 3.8) is 0 Å². The summed E-state index contributed by atoms with van der Waals surface area (Å²) in [7, 11) is 0. The van der Waals surface area contributed by atoms with E-state index in [1.807, 2.05) is 30.3 Å². The third-order valence-electron chi connectivity index (χ3n) is 4.07. The van der Waals surface area contributed by atoms with Gasteiger partial charge in [0.15, 0.2) is 0 Å². The van der Waals surface area contributed by atoms with Crippen LogP contribution in [-0.2, 0) is 0 Å². The van der Waals surface area contributed by atoms with Gasteiger partial charge in [-0.2, -0.15) is 0 Å². The van der Waals surface area contributed by atoms with E-state index < -0.39 is 5.54 Å². The maximum Gasteiger partial charge on any atom is 0.270 e. The average Bonchev–Trinajstić information content (AvgIpc) is 2.96. The summed E-state index contributed by atoms with van der Waals surface area (Å²) in [6, 6.07) is 11.3. The van der Waals surface area contributed by atoms with Crippen LogP contribution in [0.3, 0.4) is 0 Å². The van der Waals surface area contributed by atoms with Crippen LogP contribution in [-0.4, -0.2) is 28.1 Å². The maximum absolute atomic E-state index is 12.3. The molecule has 1 aromatic heterocycles. The SMILES string of the molecule is O=C(NC1(CO)CCCC1)c1ccc2ccccc2n1. The molecule has 1 saturated carbocycles. The molecule has 0 radical (unpaired) electrons. The quantitative estimate of drug-likeness (QED) is 0.899. The predicted molar refractivity (Wildman–Crippen MR) is 77.5 cm³/mol. The lowest BCUT2D eigenvalue weighted by Gasteiger charge is -2.27. The van der Waals surface area contributed by atoms with Crippen molar-refractivity contribution in [3.8, 4) is 0 Å². The standard InChI is InChI=1S/C16H18N2O2/c19-11-16(9-3-4-10-16)18-15(20)14-8-7-12-5-1-2-6-13(12)17-14/h1-2,5-8,19H,3-4,9-11H2,(H,18,20). The number of rotatable bonds is 3. The molecule has 4 nitrogen and oxygen atoms in total. The van der Waals surface area contributed by atoms with Gasteiger partial charge in [-0.3, -0.25) is 4.79 Å². The summed E-state index contributed by atoms with van der Waals surface area (Å²) >= 11 is 0. The van der Waals surface area contributed by atoms with Crippen molar-refractivity contribution in [3.05, 3.63) is 42.1 Å². The summed E-state index contributed by atoms with van der Waals surface area (Å²) in [5.74, 6) is -0.202. The van der Waals surface area contributed by atoms with Gasteiger partial charge in [-0.1, -0.05) is 37.1 Å². The molecule has 0 unspecified atom stereocenters. The van der Waals surface area contributed by atoms with E-state index in [0.717, 1.165) is 36.6 Å². The Morgan fingerprint density at radius 3 is 2.70 bits per heavy atom. The molecule has 1 fully saturated rings. The van der Waals surface area contributed by atoms with Crippen LogP contribution in [0.1, 0.15) is 36.2 Å². The van der Waals surface area contributed by atoms with Crippen molar-refractivity contribution in [1.29, 1.82) is 0 Å². The molecule has 2 aromatic rings. The zero-order valence-electron chi connectivity index (χ0n) is 11.3. The lowest BCUT2D eigenvalue weighted by molar-refractivity contribution is 0.0834. The average molecular weight is 270 g/mol. The molecule has 1 aliphatic carbocycles. The van der Waals surface area contributed by atoms with Crippen molar-refractivity contribution in [2.45, 2.75) is 31.2 Å². The van der Waals surface area contributed by atoms with E-state index in [2.05, 4.69) is 10.3 Å². The van der Waals surface area contributed by atoms with E-state index in [0.29, 0.717) is 5.69 Å². The smallest absolute Gasteiger partial charge is 0.270 e. The highest BCUT2D eigenvalue weighted by Gasteiger charge is 2.35. The zero-order valence-corrected chi connectivity index (χ0v) is 11.3. The molecule has 3 rings (SSSR count). The highest BCUT2D eigenvalue weighted by molar-refractivity contribution is 5.95. The highest BCUT2D eigenvalue weighted by Crippen LogP contribution is 2.29. The molecule has 1 amide bonds. The van der Waals surface area contributed by atoms with Gasteiger partial charge in [0.1, 0.15) is 5.69 Å². The fraction of sp³-hybridized carbons (Fsp3) is 0.375. The van der Waals surface area contributed by atoms with Gasteiger partial charge in [0.2, 0.25) is 0 Å². The molecule has 1 aliphatic rings. The first-order chi connectivity index (χ1) is 9.72. The number of pyridine rings is 1. The van der Waals surface area contributed by atoms with Crippen molar-refractivity contribution < 1.29 is 9.90 Å². The van der Waals surface area contributed by atoms with E-state index in [1.165, 1.54) is 0 Å². The molecule has 2 N–H and O–H groups in total. The van der Waals surface area contributed by atoms with E-state index in [4.69, 9.17) is 0 Å². The summed E-state index contributed by atoms with van der Waals surface area (Å²) in [6.45, 7) is -0.00762. The lowest BCUT2D eigenvalue weighted by atomic mass is 9.98. The molecule has 4 heteroatoms. The predicted octanol–water partition coefficient (Wildman–Crippen LogP) is 2.27. The van der Waals surface area contributed by atoms with Crippen LogP contribution >= 0.6 is 0 Å². The third kappa shape index (κ3) is 2.39. The van der Waals surface area contributed by atoms with Gasteiger partial charge in [0.05, 0.1) is 17.7 Å². The molecule has 20 heavy (non-hydrogen) atoms. The Morgan fingerprint density at radius 2 is 1.95 bits per heavy atom. The van der Waals surface area contributed by atoms with Gasteiger partial charge in [0, 0.05) is 5.39 Å². The van der Waals surface area contributed by atoms with Crippen molar-refractivity contribution >= 4 is 16.8 Å². The molecule has 1 heterocycles. The lowest BCUT2D eigenvalue weighted by Crippen LogP contribution is -2.49. The van der Waals surface area contributed by atoms with Gasteiger partial charge < -0.3 is 10.4 Å². The second-order valence-electron chi connectivity index (χ2n) is 5.49. The van der Waals surface area contributed by atoms with Gasteiger partial charge in [-0.05, 0) is 25.0 Å². The molecule has 0 aliphatic heterocycles. The number of fused-ring (bicyclic) bond motifs is 1. The molecule has 0 saturated heterocycles. The Bertz CT molecular complexity index is 633. The first-order valence-electron chi connectivity index (χ1n) is 7.02. The van der Waals surface area contributed by atoms with Crippen molar-refractivity contribution in [1.82, 2.24) is 10.3 Å². The summed E-state index contributed by atoms with van der Waals surface area (Å²) in [4.78, 5) is 16.7. The zero-order chi connectivity index (χ0) is 14.0. The minimum absolute atomic E-state index is 0.00762. The van der Waals surface area contributed by atoms with Crippen LogP contribution in [0.15, 0.2) is 36.4 Å². The Balaban J connectivity index is 1.85. The first kappa shape index (κ1) is 13.1. The molecule has 1 aromatic carbocycles. The van der Waals surface area contributed by atoms with Gasteiger partial charge in [-0.15, -0.1) is 0 Å². The fourth-order valence-corrected chi connectivity index (χ4v) is 2.87. The fourth-order valence-electron chi connectivity index (χ4n) is 2.87. The van der Waals surface area contributed by atoms with Crippen LogP contribution in [0.25, 0.3) is 10.9 Å². The number of aliphatic hydroxyl groups excluding tert-OH is 1. The van der Waals surface area contributed by atoms with Gasteiger partial charge in [-0.25, -0.2) is 4.98 Å². The van der Waals surface area contributed by atoms with Gasteiger partial charge in [0.25, 0.3) is 5.91 Å². The number of nitrogens with one attached hydrogen (secondary N) is 1. The molecule has 104 valence electrons.